The molecular formula is C14H18N4O. The zero-order valence-corrected chi connectivity index (χ0v) is 11.0. The molecule has 0 saturated heterocycles. The lowest BCUT2D eigenvalue weighted by atomic mass is 10.1. The van der Waals surface area contributed by atoms with E-state index < -0.39 is 0 Å². The molecule has 1 aliphatic carbocycles. The number of benzene rings is 1. The van der Waals surface area contributed by atoms with Crippen LogP contribution in [0, 0.1) is 5.92 Å². The fraction of sp³-hybridized carbons (Fsp3) is 0.429. The fourth-order valence-electron chi connectivity index (χ4n) is 2.31. The highest BCUT2D eigenvalue weighted by molar-refractivity contribution is 6.05. The number of nitrogens with two attached hydrogens (primary N) is 1. The predicted octanol–water partition coefficient (Wildman–Crippen LogP) is 2.02. The van der Waals surface area contributed by atoms with Crippen molar-refractivity contribution in [2.24, 2.45) is 5.92 Å². The first-order valence-electron chi connectivity index (χ1n) is 6.72. The van der Waals surface area contributed by atoms with Gasteiger partial charge in [0.25, 0.3) is 5.91 Å². The third-order valence-electron chi connectivity index (χ3n) is 3.63. The van der Waals surface area contributed by atoms with E-state index in [2.05, 4.69) is 10.2 Å². The maximum Gasteiger partial charge on any atom is 0.274 e. The number of nitrogens with one attached hydrogen (secondary N) is 1. The standard InChI is InChI=1S/C14H18N4O/c1-2-18(8-9-3-4-9)14(19)13-11-7-10(15)5-6-12(11)16-17-13/h5-7,9H,2-4,8,15H2,1H3,(H,16,17). The Bertz CT molecular complexity index is 615. The summed E-state index contributed by atoms with van der Waals surface area (Å²) >= 11 is 0. The van der Waals surface area contributed by atoms with Crippen LogP contribution in [0.2, 0.25) is 0 Å². The molecule has 100 valence electrons. The maximum absolute atomic E-state index is 12.5. The molecule has 0 aliphatic heterocycles. The maximum atomic E-state index is 12.5. The molecule has 1 aromatic heterocycles. The number of anilines is 1. The Balaban J connectivity index is 1.93. The van der Waals surface area contributed by atoms with Gasteiger partial charge >= 0.3 is 0 Å². The largest absolute Gasteiger partial charge is 0.399 e. The van der Waals surface area contributed by atoms with E-state index in [1.54, 1.807) is 12.1 Å². The Kier molecular flexibility index (Phi) is 2.89. The van der Waals surface area contributed by atoms with Crippen LogP contribution in [0.25, 0.3) is 10.9 Å². The Hall–Kier alpha value is -2.04. The van der Waals surface area contributed by atoms with Gasteiger partial charge in [0.1, 0.15) is 0 Å². The summed E-state index contributed by atoms with van der Waals surface area (Å²) < 4.78 is 0. The summed E-state index contributed by atoms with van der Waals surface area (Å²) in [6.07, 6.45) is 2.47. The number of hydrogen-bond donors (Lipinski definition) is 2. The van der Waals surface area contributed by atoms with Gasteiger partial charge in [-0.3, -0.25) is 9.89 Å². The summed E-state index contributed by atoms with van der Waals surface area (Å²) in [6, 6.07) is 5.46. The first kappa shape index (κ1) is 12.0. The lowest BCUT2D eigenvalue weighted by molar-refractivity contribution is 0.0753. The van der Waals surface area contributed by atoms with Crippen molar-refractivity contribution in [3.8, 4) is 0 Å². The van der Waals surface area contributed by atoms with Gasteiger partial charge in [-0.1, -0.05) is 0 Å². The van der Waals surface area contributed by atoms with Crippen molar-refractivity contribution in [1.29, 1.82) is 0 Å². The first-order chi connectivity index (χ1) is 9.19. The van der Waals surface area contributed by atoms with E-state index >= 15 is 0 Å². The number of aromatic nitrogens is 2. The monoisotopic (exact) mass is 258 g/mol. The molecule has 0 radical (unpaired) electrons. The summed E-state index contributed by atoms with van der Waals surface area (Å²) in [5.41, 5.74) is 7.76. The van der Waals surface area contributed by atoms with Crippen LogP contribution in [-0.4, -0.2) is 34.1 Å². The van der Waals surface area contributed by atoms with Crippen LogP contribution >= 0.6 is 0 Å². The van der Waals surface area contributed by atoms with Crippen LogP contribution in [0.4, 0.5) is 5.69 Å². The van der Waals surface area contributed by atoms with Crippen LogP contribution in [0.5, 0.6) is 0 Å². The summed E-state index contributed by atoms with van der Waals surface area (Å²) in [5.74, 6) is 0.672. The topological polar surface area (TPSA) is 75.0 Å². The van der Waals surface area contributed by atoms with Crippen molar-refractivity contribution in [3.63, 3.8) is 0 Å². The summed E-state index contributed by atoms with van der Waals surface area (Å²) in [5, 5.41) is 7.86. The molecule has 3 N–H and O–H groups in total. The lowest BCUT2D eigenvalue weighted by Crippen LogP contribution is -2.33. The molecular weight excluding hydrogens is 240 g/mol. The van der Waals surface area contributed by atoms with E-state index in [1.807, 2.05) is 17.9 Å². The van der Waals surface area contributed by atoms with Crippen LogP contribution in [0.3, 0.4) is 0 Å². The summed E-state index contributed by atoms with van der Waals surface area (Å²) in [7, 11) is 0. The van der Waals surface area contributed by atoms with E-state index in [1.165, 1.54) is 12.8 Å². The number of carbonyl (C=O) groups excluding carboxylic acids is 1. The third kappa shape index (κ3) is 2.28. The molecule has 19 heavy (non-hydrogen) atoms. The molecule has 1 saturated carbocycles. The van der Waals surface area contributed by atoms with Gasteiger partial charge in [-0.15, -0.1) is 0 Å². The molecule has 5 heteroatoms. The molecule has 2 aromatic rings. The van der Waals surface area contributed by atoms with Gasteiger partial charge < -0.3 is 10.6 Å². The van der Waals surface area contributed by atoms with Crippen LogP contribution in [-0.2, 0) is 0 Å². The van der Waals surface area contributed by atoms with Crippen LogP contribution in [0.15, 0.2) is 18.2 Å². The minimum Gasteiger partial charge on any atom is -0.399 e. The van der Waals surface area contributed by atoms with Crippen molar-refractivity contribution in [2.45, 2.75) is 19.8 Å². The summed E-state index contributed by atoms with van der Waals surface area (Å²) in [4.78, 5) is 14.4. The number of nitrogens with zero attached hydrogens (tertiary/aromatic N) is 2. The van der Waals surface area contributed by atoms with Crippen molar-refractivity contribution < 1.29 is 4.79 Å². The van der Waals surface area contributed by atoms with Gasteiger partial charge in [0.15, 0.2) is 5.69 Å². The molecule has 3 rings (SSSR count). The molecule has 1 aromatic carbocycles. The molecule has 0 spiro atoms. The molecule has 1 aliphatic rings. The Morgan fingerprint density at radius 2 is 2.32 bits per heavy atom. The number of hydrogen-bond acceptors (Lipinski definition) is 3. The Morgan fingerprint density at radius 3 is 3.00 bits per heavy atom. The van der Waals surface area contributed by atoms with Crippen molar-refractivity contribution >= 4 is 22.5 Å². The SMILES string of the molecule is CCN(CC1CC1)C(=O)c1n[nH]c2ccc(N)cc12. The van der Waals surface area contributed by atoms with Gasteiger partial charge in [-0.05, 0) is 43.9 Å². The molecule has 0 atom stereocenters. The van der Waals surface area contributed by atoms with Gasteiger partial charge in [-0.25, -0.2) is 0 Å². The second-order valence-electron chi connectivity index (χ2n) is 5.16. The van der Waals surface area contributed by atoms with Gasteiger partial charge in [0, 0.05) is 24.2 Å². The van der Waals surface area contributed by atoms with Crippen molar-refractivity contribution in [1.82, 2.24) is 15.1 Å². The van der Waals surface area contributed by atoms with Crippen LogP contribution in [0.1, 0.15) is 30.3 Å². The van der Waals surface area contributed by atoms with E-state index in [-0.39, 0.29) is 5.91 Å². The zero-order chi connectivity index (χ0) is 13.4. The second-order valence-corrected chi connectivity index (χ2v) is 5.16. The molecule has 5 nitrogen and oxygen atoms in total. The number of amides is 1. The first-order valence-corrected chi connectivity index (χ1v) is 6.72. The highest BCUT2D eigenvalue weighted by Crippen LogP contribution is 2.30. The average molecular weight is 258 g/mol. The highest BCUT2D eigenvalue weighted by atomic mass is 16.2. The fourth-order valence-corrected chi connectivity index (χ4v) is 2.31. The van der Waals surface area contributed by atoms with Crippen LogP contribution < -0.4 is 5.73 Å². The zero-order valence-electron chi connectivity index (χ0n) is 11.0. The Labute approximate surface area is 111 Å². The number of aromatic amines is 1. The number of nitrogen functional groups attached to an aromatic ring is 1. The average Bonchev–Trinajstić information content (AvgIpc) is 3.13. The van der Waals surface area contributed by atoms with E-state index in [9.17, 15) is 4.79 Å². The molecule has 1 amide bonds. The summed E-state index contributed by atoms with van der Waals surface area (Å²) in [6.45, 7) is 3.56. The minimum atomic E-state index is -0.00810. The van der Waals surface area contributed by atoms with E-state index in [0.717, 1.165) is 17.4 Å². The number of carbonyl (C=O) groups is 1. The molecule has 0 unspecified atom stereocenters. The van der Waals surface area contributed by atoms with Crippen molar-refractivity contribution in [3.05, 3.63) is 23.9 Å². The normalized spacial score (nSPS) is 14.8. The predicted molar refractivity (Wildman–Crippen MR) is 74.8 cm³/mol. The van der Waals surface area contributed by atoms with Gasteiger partial charge in [-0.2, -0.15) is 5.10 Å². The third-order valence-corrected chi connectivity index (χ3v) is 3.63. The number of fused-ring (bicyclic) bond motifs is 1. The van der Waals surface area contributed by atoms with E-state index in [0.29, 0.717) is 23.8 Å². The molecule has 1 heterocycles. The Morgan fingerprint density at radius 1 is 1.53 bits per heavy atom. The van der Waals surface area contributed by atoms with Gasteiger partial charge in [0.2, 0.25) is 0 Å². The smallest absolute Gasteiger partial charge is 0.274 e. The molecule has 0 bridgehead atoms. The quantitative estimate of drug-likeness (QED) is 0.824. The second kappa shape index (κ2) is 4.57. The van der Waals surface area contributed by atoms with E-state index in [4.69, 9.17) is 5.73 Å². The highest BCUT2D eigenvalue weighted by Gasteiger charge is 2.28. The van der Waals surface area contributed by atoms with Gasteiger partial charge in [0.05, 0.1) is 5.52 Å². The lowest BCUT2D eigenvalue weighted by Gasteiger charge is -2.19. The minimum absolute atomic E-state index is 0.00810. The number of H-pyrrole nitrogens is 1. The molecule has 1 fully saturated rings. The number of rotatable bonds is 4. The van der Waals surface area contributed by atoms with Crippen molar-refractivity contribution in [2.75, 3.05) is 18.8 Å².